The molecule has 0 unspecified atom stereocenters. The highest BCUT2D eigenvalue weighted by molar-refractivity contribution is 7.90. The fourth-order valence-electron chi connectivity index (χ4n) is 8.03. The third-order valence-corrected chi connectivity index (χ3v) is 14.8. The van der Waals surface area contributed by atoms with Crippen molar-refractivity contribution >= 4 is 50.0 Å². The van der Waals surface area contributed by atoms with Crippen LogP contribution in [0.5, 0.6) is 5.75 Å². The number of hydrogen-bond acceptors (Lipinski definition) is 9. The number of hydrogen-bond donors (Lipinski definition) is 1. The molecule has 1 aromatic carbocycles. The molecule has 13 heteroatoms. The smallest absolute Gasteiger partial charge is 0.320 e. The number of ketones is 1. The molecule has 3 fully saturated rings. The van der Waals surface area contributed by atoms with Gasteiger partial charge < -0.3 is 14.5 Å². The first-order chi connectivity index (χ1) is 25.0. The minimum Gasteiger partial charge on any atom is -0.487 e. The van der Waals surface area contributed by atoms with E-state index in [9.17, 15) is 22.8 Å². The maximum Gasteiger partial charge on any atom is 0.320 e. The van der Waals surface area contributed by atoms with E-state index in [1.807, 2.05) is 56.5 Å². The molecule has 1 saturated heterocycles. The Bertz CT molecular complexity index is 2100. The van der Waals surface area contributed by atoms with Crippen LogP contribution in [0, 0.1) is 30.6 Å². The summed E-state index contributed by atoms with van der Waals surface area (Å²) in [6.07, 6.45) is 7.04. The molecule has 4 aliphatic rings. The molecule has 2 saturated carbocycles. The number of ether oxygens (including phenoxy) is 1. The summed E-state index contributed by atoms with van der Waals surface area (Å²) in [4.78, 5) is 56.1. The first-order valence-electron chi connectivity index (χ1n) is 18.8. The second-order valence-electron chi connectivity index (χ2n) is 16.5. The molecule has 0 bridgehead atoms. The first kappa shape index (κ1) is 37.5. The Morgan fingerprint density at radius 3 is 2.55 bits per heavy atom. The monoisotopic (exact) mass is 761 g/mol. The number of benzene rings is 1. The lowest BCUT2D eigenvalue weighted by Crippen LogP contribution is -2.52. The summed E-state index contributed by atoms with van der Waals surface area (Å²) in [6.45, 7) is 12.9. The molecule has 0 spiro atoms. The number of nitrogens with zero attached hydrogens (tertiary/aromatic N) is 4. The van der Waals surface area contributed by atoms with Crippen LogP contribution in [-0.2, 0) is 19.6 Å². The van der Waals surface area contributed by atoms with Gasteiger partial charge in [-0.2, -0.15) is 0 Å². The quantitative estimate of drug-likeness (QED) is 0.256. The molecule has 284 valence electrons. The Morgan fingerprint density at radius 1 is 1.09 bits per heavy atom. The number of thiazole rings is 1. The van der Waals surface area contributed by atoms with Crippen LogP contribution < -0.4 is 9.46 Å². The van der Waals surface area contributed by atoms with Gasteiger partial charge >= 0.3 is 6.03 Å². The van der Waals surface area contributed by atoms with Gasteiger partial charge in [-0.05, 0) is 75.5 Å². The van der Waals surface area contributed by atoms with Crippen molar-refractivity contribution in [3.05, 3.63) is 51.9 Å². The molecule has 4 heterocycles. The van der Waals surface area contributed by atoms with Crippen molar-refractivity contribution in [3.63, 3.8) is 0 Å². The predicted molar refractivity (Wildman–Crippen MR) is 206 cm³/mol. The second kappa shape index (κ2) is 13.8. The van der Waals surface area contributed by atoms with Gasteiger partial charge in [0.1, 0.15) is 17.9 Å². The number of aryl methyl sites for hydroxylation is 2. The lowest BCUT2D eigenvalue weighted by atomic mass is 9.77. The van der Waals surface area contributed by atoms with Gasteiger partial charge in [0.25, 0.3) is 0 Å². The van der Waals surface area contributed by atoms with E-state index in [0.717, 1.165) is 52.0 Å². The normalized spacial score (nSPS) is 27.0. The number of rotatable bonds is 7. The van der Waals surface area contributed by atoms with Crippen LogP contribution in [0.4, 0.5) is 4.79 Å². The van der Waals surface area contributed by atoms with Crippen LogP contribution in [0.15, 0.2) is 35.7 Å². The van der Waals surface area contributed by atoms with Crippen molar-refractivity contribution in [1.82, 2.24) is 24.5 Å². The number of Topliss-reactive ketones (excluding diaryl/α,β-unsaturated/α-hetero) is 1. The third-order valence-electron chi connectivity index (χ3n) is 11.9. The summed E-state index contributed by atoms with van der Waals surface area (Å²) in [5.41, 5.74) is 2.31. The van der Waals surface area contributed by atoms with Crippen molar-refractivity contribution in [2.45, 2.75) is 110 Å². The predicted octanol–water partition coefficient (Wildman–Crippen LogP) is 6.92. The van der Waals surface area contributed by atoms with Crippen molar-refractivity contribution in [3.8, 4) is 17.1 Å². The molecule has 3 amide bonds. The van der Waals surface area contributed by atoms with E-state index in [1.165, 1.54) is 0 Å². The van der Waals surface area contributed by atoms with Gasteiger partial charge in [-0.25, -0.2) is 23.2 Å². The number of carbonyl (C=O) groups is 3. The number of carbonyl (C=O) groups excluding carboxylic acids is 3. The lowest BCUT2D eigenvalue weighted by molar-refractivity contribution is -0.133. The molecule has 0 radical (unpaired) electrons. The first-order valence-corrected chi connectivity index (χ1v) is 21.3. The Kier molecular flexibility index (Phi) is 9.74. The lowest BCUT2D eigenvalue weighted by Gasteiger charge is -2.35. The number of urea groups is 1. The van der Waals surface area contributed by atoms with Crippen molar-refractivity contribution < 1.29 is 27.5 Å². The Labute approximate surface area is 316 Å². The van der Waals surface area contributed by atoms with Crippen LogP contribution in [0.25, 0.3) is 22.3 Å². The molecule has 53 heavy (non-hydrogen) atoms. The summed E-state index contributed by atoms with van der Waals surface area (Å²) in [6, 6.07) is 4.78. The van der Waals surface area contributed by atoms with E-state index < -0.39 is 44.2 Å². The molecule has 2 aromatic heterocycles. The van der Waals surface area contributed by atoms with Crippen LogP contribution >= 0.6 is 11.3 Å². The fourth-order valence-corrected chi connectivity index (χ4v) is 10.2. The number of aromatic nitrogens is 2. The van der Waals surface area contributed by atoms with Gasteiger partial charge in [0.15, 0.2) is 5.78 Å². The molecule has 7 rings (SSSR count). The second-order valence-corrected chi connectivity index (χ2v) is 19.4. The van der Waals surface area contributed by atoms with E-state index >= 15 is 0 Å². The summed E-state index contributed by atoms with van der Waals surface area (Å²) in [5.74, 6) is -0.286. The van der Waals surface area contributed by atoms with Crippen molar-refractivity contribution in [2.75, 3.05) is 20.1 Å². The minimum absolute atomic E-state index is 0.156. The third kappa shape index (κ3) is 6.99. The van der Waals surface area contributed by atoms with Gasteiger partial charge in [0, 0.05) is 48.2 Å². The average Bonchev–Trinajstić information content (AvgIpc) is 4.00. The molecular formula is C40H51N5O6S2. The highest BCUT2D eigenvalue weighted by Gasteiger charge is 2.63. The fraction of sp³-hybridized carbons (Fsp3) is 0.575. The zero-order chi connectivity index (χ0) is 38.0. The van der Waals surface area contributed by atoms with Crippen LogP contribution in [0.3, 0.4) is 0 Å². The average molecular weight is 762 g/mol. The summed E-state index contributed by atoms with van der Waals surface area (Å²) >= 11 is 1.60. The van der Waals surface area contributed by atoms with Crippen LogP contribution in [-0.4, -0.2) is 83.4 Å². The number of pyridine rings is 1. The summed E-state index contributed by atoms with van der Waals surface area (Å²) < 4.78 is 35.1. The number of allylic oxidation sites excluding steroid dienone is 2. The van der Waals surface area contributed by atoms with Gasteiger partial charge in [-0.3, -0.25) is 14.3 Å². The maximum absolute atomic E-state index is 14.7. The highest BCUT2D eigenvalue weighted by Crippen LogP contribution is 2.58. The van der Waals surface area contributed by atoms with Crippen LogP contribution in [0.2, 0.25) is 0 Å². The summed E-state index contributed by atoms with van der Waals surface area (Å²) in [5, 5.41) is 3.30. The van der Waals surface area contributed by atoms with Gasteiger partial charge in [-0.15, -0.1) is 11.3 Å². The Hall–Kier alpha value is -3.84. The Morgan fingerprint density at radius 2 is 1.85 bits per heavy atom. The number of nitrogens with one attached hydrogen (secondary N) is 1. The zero-order valence-corrected chi connectivity index (χ0v) is 33.4. The summed E-state index contributed by atoms with van der Waals surface area (Å²) in [7, 11) is -2.05. The van der Waals surface area contributed by atoms with E-state index in [4.69, 9.17) is 14.7 Å². The number of amides is 3. The van der Waals surface area contributed by atoms with E-state index in [0.29, 0.717) is 37.3 Å². The molecule has 2 aliphatic heterocycles. The molecular weight excluding hydrogens is 711 g/mol. The van der Waals surface area contributed by atoms with E-state index in [2.05, 4.69) is 25.5 Å². The molecule has 3 aromatic rings. The van der Waals surface area contributed by atoms with Gasteiger partial charge in [-0.1, -0.05) is 45.9 Å². The number of fused-ring (bicyclic) bond motifs is 3. The highest BCUT2D eigenvalue weighted by atomic mass is 32.2. The topological polar surface area (TPSA) is 139 Å². The van der Waals surface area contributed by atoms with Gasteiger partial charge in [0.05, 0.1) is 39.1 Å². The van der Waals surface area contributed by atoms with Crippen molar-refractivity contribution in [2.24, 2.45) is 16.7 Å². The largest absolute Gasteiger partial charge is 0.487 e. The molecule has 2 aliphatic carbocycles. The van der Waals surface area contributed by atoms with Gasteiger partial charge in [0.2, 0.25) is 15.9 Å². The Balaban J connectivity index is 1.26. The molecule has 11 nitrogen and oxygen atoms in total. The van der Waals surface area contributed by atoms with Crippen molar-refractivity contribution in [1.29, 1.82) is 0 Å². The minimum atomic E-state index is -3.81. The molecule has 4 atom stereocenters. The molecule has 1 N–H and O–H groups in total. The van der Waals surface area contributed by atoms with Crippen LogP contribution in [0.1, 0.15) is 94.7 Å². The number of sulfonamides is 1. The van der Waals surface area contributed by atoms with E-state index in [-0.39, 0.29) is 36.6 Å². The zero-order valence-electron chi connectivity index (χ0n) is 31.8. The standard InChI is InChI=1S/C40H51N5O6S2/c1-23(2)36-42-30(22-52-36)29-18-32(28-16-13-24(3)25(4)34(28)41-29)51-33-21-45-35(39(33,5)6)31(46)20-40(37(47)43-53(49,50)27-14-15-27)19-26(40)12-10-8-9-11-17-44(7)38(45)48/h10,12-13,16,18,22-23,26-27,33,35H,8-9,11,14-15,17,19-21H2,1-7H3,(H,43,47)/b12-10-/t26-,33+,35-,40-/m1/s1. The maximum atomic E-state index is 14.7. The van der Waals surface area contributed by atoms with E-state index in [1.54, 1.807) is 28.2 Å². The SMILES string of the molecule is Cc1ccc2c(O[C@H]3CN4C(=O)N(C)CCCC/C=C\[C@@H]5C[C@@]5(C(=O)NS(=O)(=O)C5CC5)CC(=O)[C@@H]4C3(C)C)cc(-c3csc(C(C)C)n3)nc2c1C.